The minimum atomic E-state index is -0.329. The molecule has 3 amide bonds. The fraction of sp³-hybridized carbons (Fsp3) is 0.438. The summed E-state index contributed by atoms with van der Waals surface area (Å²) in [7, 11) is 0. The molecule has 0 saturated heterocycles. The third-order valence-electron chi connectivity index (χ3n) is 3.98. The number of hydrogen-bond acceptors (Lipinski definition) is 4. The Labute approximate surface area is 144 Å². The Balaban J connectivity index is 1.40. The third kappa shape index (κ3) is 4.14. The smallest absolute Gasteiger partial charge is 0.315 e. The van der Waals surface area contributed by atoms with Crippen molar-refractivity contribution in [3.63, 3.8) is 0 Å². The largest absolute Gasteiger partial charge is 0.336 e. The Kier molecular flexibility index (Phi) is 5.14. The summed E-state index contributed by atoms with van der Waals surface area (Å²) in [6.45, 7) is 3.91. The zero-order chi connectivity index (χ0) is 16.9. The summed E-state index contributed by atoms with van der Waals surface area (Å²) in [5, 5.41) is 7.53. The van der Waals surface area contributed by atoms with Gasteiger partial charge < -0.3 is 20.1 Å². The van der Waals surface area contributed by atoms with Gasteiger partial charge in [0.1, 0.15) is 0 Å². The first kappa shape index (κ1) is 16.5. The van der Waals surface area contributed by atoms with Gasteiger partial charge in [0.15, 0.2) is 0 Å². The number of nitrogens with one attached hydrogen (secondary N) is 2. The third-order valence-corrected chi connectivity index (χ3v) is 5.00. The second-order valence-corrected chi connectivity index (χ2v) is 6.92. The van der Waals surface area contributed by atoms with Gasteiger partial charge in [-0.25, -0.2) is 9.78 Å². The van der Waals surface area contributed by atoms with Crippen molar-refractivity contribution in [2.45, 2.75) is 32.5 Å². The molecule has 1 unspecified atom stereocenters. The van der Waals surface area contributed by atoms with Crippen molar-refractivity contribution in [1.29, 1.82) is 0 Å². The summed E-state index contributed by atoms with van der Waals surface area (Å²) in [6.07, 6.45) is 6.14. The monoisotopic (exact) mass is 347 g/mol. The van der Waals surface area contributed by atoms with Crippen molar-refractivity contribution < 1.29 is 9.59 Å². The van der Waals surface area contributed by atoms with Crippen LogP contribution in [-0.2, 0) is 24.3 Å². The van der Waals surface area contributed by atoms with E-state index in [1.807, 2.05) is 17.7 Å². The van der Waals surface area contributed by atoms with Crippen LogP contribution in [0.25, 0.3) is 0 Å². The topological polar surface area (TPSA) is 79.3 Å². The fourth-order valence-electron chi connectivity index (χ4n) is 2.76. The number of thiophene rings is 1. The van der Waals surface area contributed by atoms with E-state index in [1.54, 1.807) is 28.8 Å². The second-order valence-electron chi connectivity index (χ2n) is 5.92. The van der Waals surface area contributed by atoms with E-state index in [1.165, 1.54) is 10.4 Å². The van der Waals surface area contributed by atoms with Crippen molar-refractivity contribution >= 4 is 23.3 Å². The molecule has 0 aromatic carbocycles. The molecule has 128 valence electrons. The zero-order valence-electron chi connectivity index (χ0n) is 13.6. The van der Waals surface area contributed by atoms with Crippen molar-refractivity contribution in [3.8, 4) is 0 Å². The molecule has 3 heterocycles. The highest BCUT2D eigenvalue weighted by atomic mass is 32.1. The SMILES string of the molecule is CC(Cn1ccnc1)NC(=O)NCC(=O)N1CCc2sccc2C1. The van der Waals surface area contributed by atoms with Crippen LogP contribution in [-0.4, -0.2) is 45.5 Å². The molecule has 0 radical (unpaired) electrons. The summed E-state index contributed by atoms with van der Waals surface area (Å²) in [6, 6.07) is 1.68. The Morgan fingerprint density at radius 2 is 2.33 bits per heavy atom. The number of hydrogen-bond donors (Lipinski definition) is 2. The van der Waals surface area contributed by atoms with Gasteiger partial charge >= 0.3 is 6.03 Å². The van der Waals surface area contributed by atoms with Gasteiger partial charge in [0.05, 0.1) is 12.9 Å². The van der Waals surface area contributed by atoms with Crippen LogP contribution >= 0.6 is 11.3 Å². The normalized spacial score (nSPS) is 14.8. The number of fused-ring (bicyclic) bond motifs is 1. The first-order valence-corrected chi connectivity index (χ1v) is 8.83. The van der Waals surface area contributed by atoms with E-state index in [-0.39, 0.29) is 24.5 Å². The molecule has 0 spiro atoms. The minimum Gasteiger partial charge on any atom is -0.336 e. The van der Waals surface area contributed by atoms with Crippen LogP contribution in [0.3, 0.4) is 0 Å². The van der Waals surface area contributed by atoms with Crippen LogP contribution < -0.4 is 10.6 Å². The molecule has 0 fully saturated rings. The Bertz CT molecular complexity index is 697. The molecular weight excluding hydrogens is 326 g/mol. The van der Waals surface area contributed by atoms with Crippen molar-refractivity contribution in [2.75, 3.05) is 13.1 Å². The van der Waals surface area contributed by atoms with Crippen LogP contribution in [0.15, 0.2) is 30.2 Å². The summed E-state index contributed by atoms with van der Waals surface area (Å²) in [4.78, 5) is 31.3. The highest BCUT2D eigenvalue weighted by Gasteiger charge is 2.21. The lowest BCUT2D eigenvalue weighted by molar-refractivity contribution is -0.130. The second kappa shape index (κ2) is 7.48. The van der Waals surface area contributed by atoms with E-state index >= 15 is 0 Å². The summed E-state index contributed by atoms with van der Waals surface area (Å²) in [5.41, 5.74) is 1.22. The van der Waals surface area contributed by atoms with Crippen molar-refractivity contribution in [1.82, 2.24) is 25.1 Å². The van der Waals surface area contributed by atoms with Gasteiger partial charge in [0.25, 0.3) is 0 Å². The highest BCUT2D eigenvalue weighted by Crippen LogP contribution is 2.23. The van der Waals surface area contributed by atoms with Gasteiger partial charge in [-0.15, -0.1) is 11.3 Å². The number of nitrogens with zero attached hydrogens (tertiary/aromatic N) is 3. The molecule has 2 aromatic rings. The predicted molar refractivity (Wildman–Crippen MR) is 91.7 cm³/mol. The molecule has 7 nitrogen and oxygen atoms in total. The lowest BCUT2D eigenvalue weighted by Gasteiger charge is -2.27. The first-order valence-electron chi connectivity index (χ1n) is 7.95. The zero-order valence-corrected chi connectivity index (χ0v) is 14.4. The van der Waals surface area contributed by atoms with Crippen LogP contribution in [0.5, 0.6) is 0 Å². The number of carbonyl (C=O) groups is 2. The molecule has 3 rings (SSSR count). The maximum atomic E-state index is 12.3. The molecule has 2 N–H and O–H groups in total. The minimum absolute atomic E-state index is 0.0170. The number of imidazole rings is 1. The molecule has 0 saturated carbocycles. The van der Waals surface area contributed by atoms with Gasteiger partial charge in [0, 0.05) is 42.9 Å². The number of urea groups is 1. The quantitative estimate of drug-likeness (QED) is 0.853. The number of aromatic nitrogens is 2. The Morgan fingerprint density at radius 1 is 1.46 bits per heavy atom. The average molecular weight is 347 g/mol. The van der Waals surface area contributed by atoms with Gasteiger partial charge in [-0.1, -0.05) is 0 Å². The highest BCUT2D eigenvalue weighted by molar-refractivity contribution is 7.10. The molecule has 1 aliphatic rings. The number of rotatable bonds is 5. The number of carbonyl (C=O) groups excluding carboxylic acids is 2. The predicted octanol–water partition coefficient (Wildman–Crippen LogP) is 1.22. The van der Waals surface area contributed by atoms with Crippen LogP contribution in [0.1, 0.15) is 17.4 Å². The lowest BCUT2D eigenvalue weighted by atomic mass is 10.1. The van der Waals surface area contributed by atoms with Gasteiger partial charge in [-0.3, -0.25) is 4.79 Å². The fourth-order valence-corrected chi connectivity index (χ4v) is 3.65. The van der Waals surface area contributed by atoms with E-state index in [0.29, 0.717) is 19.6 Å². The summed E-state index contributed by atoms with van der Waals surface area (Å²) >= 11 is 1.74. The molecule has 24 heavy (non-hydrogen) atoms. The van der Waals surface area contributed by atoms with Gasteiger partial charge in [0.2, 0.25) is 5.91 Å². The van der Waals surface area contributed by atoms with Crippen molar-refractivity contribution in [2.24, 2.45) is 0 Å². The lowest BCUT2D eigenvalue weighted by Crippen LogP contribution is -2.47. The maximum absolute atomic E-state index is 12.3. The van der Waals surface area contributed by atoms with Crippen LogP contribution in [0.2, 0.25) is 0 Å². The van der Waals surface area contributed by atoms with E-state index in [2.05, 4.69) is 27.1 Å². The van der Waals surface area contributed by atoms with E-state index in [4.69, 9.17) is 0 Å². The standard InChI is InChI=1S/C16H21N5O2S/c1-12(9-20-6-4-17-11-20)19-16(23)18-8-15(22)21-5-2-14-13(10-21)3-7-24-14/h3-4,6-7,11-12H,2,5,8-10H2,1H3,(H2,18,19,23). The maximum Gasteiger partial charge on any atom is 0.315 e. The molecule has 8 heteroatoms. The molecule has 1 atom stereocenters. The molecule has 2 aromatic heterocycles. The Morgan fingerprint density at radius 3 is 3.12 bits per heavy atom. The van der Waals surface area contributed by atoms with E-state index in [0.717, 1.165) is 6.42 Å². The number of amides is 3. The summed E-state index contributed by atoms with van der Waals surface area (Å²) < 4.78 is 1.89. The van der Waals surface area contributed by atoms with Gasteiger partial charge in [-0.05, 0) is 30.4 Å². The summed E-state index contributed by atoms with van der Waals surface area (Å²) in [5.74, 6) is -0.0516. The Hall–Kier alpha value is -2.35. The molecular formula is C16H21N5O2S. The van der Waals surface area contributed by atoms with E-state index < -0.39 is 0 Å². The average Bonchev–Trinajstić information content (AvgIpc) is 3.22. The first-order chi connectivity index (χ1) is 11.6. The molecule has 1 aliphatic heterocycles. The van der Waals surface area contributed by atoms with E-state index in [9.17, 15) is 9.59 Å². The molecule has 0 bridgehead atoms. The molecule has 0 aliphatic carbocycles. The van der Waals surface area contributed by atoms with Crippen LogP contribution in [0.4, 0.5) is 4.79 Å². The van der Waals surface area contributed by atoms with Gasteiger partial charge in [-0.2, -0.15) is 0 Å². The van der Waals surface area contributed by atoms with Crippen LogP contribution in [0, 0.1) is 0 Å². The van der Waals surface area contributed by atoms with Crippen molar-refractivity contribution in [3.05, 3.63) is 40.6 Å².